The van der Waals surface area contributed by atoms with Crippen LogP contribution >= 0.6 is 0 Å². The Labute approximate surface area is 140 Å². The van der Waals surface area contributed by atoms with Crippen molar-refractivity contribution in [1.29, 1.82) is 0 Å². The summed E-state index contributed by atoms with van der Waals surface area (Å²) in [5.74, 6) is -0.277. The second kappa shape index (κ2) is 14.3. The SMILES string of the molecule is CCCCCCCC/C=C/CCCCCCCc1noc(=O)o1. The summed E-state index contributed by atoms with van der Waals surface area (Å²) in [6, 6.07) is 0. The van der Waals surface area contributed by atoms with Crippen molar-refractivity contribution in [3.05, 3.63) is 28.7 Å². The number of allylic oxidation sites excluding steroid dienone is 2. The molecule has 0 radical (unpaired) electrons. The lowest BCUT2D eigenvalue weighted by Gasteiger charge is -1.99. The molecule has 23 heavy (non-hydrogen) atoms. The maximum Gasteiger partial charge on any atom is 0.542 e. The van der Waals surface area contributed by atoms with E-state index >= 15 is 0 Å². The molecule has 0 unspecified atom stereocenters. The molecule has 0 saturated heterocycles. The van der Waals surface area contributed by atoms with Gasteiger partial charge in [-0.3, -0.25) is 4.52 Å². The van der Waals surface area contributed by atoms with E-state index in [-0.39, 0.29) is 0 Å². The van der Waals surface area contributed by atoms with E-state index in [0.717, 1.165) is 12.8 Å². The van der Waals surface area contributed by atoms with E-state index in [1.54, 1.807) is 0 Å². The Balaban J connectivity index is 1.78. The fraction of sp³-hybridized carbons (Fsp3) is 0.789. The van der Waals surface area contributed by atoms with Gasteiger partial charge in [-0.15, -0.1) is 0 Å². The second-order valence-corrected chi connectivity index (χ2v) is 6.26. The first-order chi connectivity index (χ1) is 11.3. The van der Waals surface area contributed by atoms with Gasteiger partial charge in [0.05, 0.1) is 0 Å². The molecule has 0 atom stereocenters. The van der Waals surface area contributed by atoms with Gasteiger partial charge in [0.25, 0.3) is 0 Å². The van der Waals surface area contributed by atoms with Crippen molar-refractivity contribution in [1.82, 2.24) is 5.16 Å². The Hall–Kier alpha value is -1.32. The first kappa shape index (κ1) is 19.7. The highest BCUT2D eigenvalue weighted by Crippen LogP contribution is 2.10. The fourth-order valence-electron chi connectivity index (χ4n) is 2.67. The Kier molecular flexibility index (Phi) is 12.3. The van der Waals surface area contributed by atoms with Crippen molar-refractivity contribution in [2.24, 2.45) is 0 Å². The summed E-state index contributed by atoms with van der Waals surface area (Å²) >= 11 is 0. The van der Waals surface area contributed by atoms with Crippen molar-refractivity contribution in [3.63, 3.8) is 0 Å². The first-order valence-electron chi connectivity index (χ1n) is 9.43. The molecule has 0 spiro atoms. The number of rotatable bonds is 15. The molecule has 0 aliphatic carbocycles. The Morgan fingerprint density at radius 2 is 1.39 bits per heavy atom. The van der Waals surface area contributed by atoms with E-state index in [4.69, 9.17) is 4.42 Å². The predicted octanol–water partition coefficient (Wildman–Crippen LogP) is 5.82. The summed E-state index contributed by atoms with van der Waals surface area (Å²) in [5, 5.41) is 3.56. The maximum atomic E-state index is 10.6. The molecule has 0 fully saturated rings. The third kappa shape index (κ3) is 11.8. The highest BCUT2D eigenvalue weighted by molar-refractivity contribution is 4.81. The zero-order chi connectivity index (χ0) is 16.6. The molecule has 0 aromatic carbocycles. The number of nitrogens with zero attached hydrogens (tertiary/aromatic N) is 1. The molecule has 0 saturated carbocycles. The molecule has 1 aromatic heterocycles. The molecule has 1 heterocycles. The minimum Gasteiger partial charge on any atom is -0.375 e. The monoisotopic (exact) mass is 323 g/mol. The van der Waals surface area contributed by atoms with Crippen LogP contribution in [-0.2, 0) is 6.42 Å². The zero-order valence-corrected chi connectivity index (χ0v) is 14.7. The molecule has 0 aliphatic rings. The topological polar surface area (TPSA) is 56.2 Å². The molecule has 0 amide bonds. The van der Waals surface area contributed by atoms with Gasteiger partial charge in [0, 0.05) is 6.42 Å². The van der Waals surface area contributed by atoms with E-state index in [2.05, 4.69) is 28.8 Å². The van der Waals surface area contributed by atoms with E-state index in [0.29, 0.717) is 12.3 Å². The molecular formula is C19H33NO3. The molecule has 132 valence electrons. The smallest absolute Gasteiger partial charge is 0.375 e. The number of unbranched alkanes of at least 4 members (excludes halogenated alkanes) is 11. The van der Waals surface area contributed by atoms with Crippen LogP contribution in [0.2, 0.25) is 0 Å². The highest BCUT2D eigenvalue weighted by atomic mass is 16.6. The highest BCUT2D eigenvalue weighted by Gasteiger charge is 2.02. The van der Waals surface area contributed by atoms with Gasteiger partial charge >= 0.3 is 5.82 Å². The number of aryl methyl sites for hydroxylation is 1. The van der Waals surface area contributed by atoms with Crippen molar-refractivity contribution in [2.75, 3.05) is 0 Å². The molecule has 0 aliphatic heterocycles. The van der Waals surface area contributed by atoms with Crippen LogP contribution in [0.1, 0.15) is 96.3 Å². The summed E-state index contributed by atoms with van der Waals surface area (Å²) < 4.78 is 9.12. The van der Waals surface area contributed by atoms with E-state index in [1.165, 1.54) is 70.6 Å². The van der Waals surface area contributed by atoms with Crippen LogP contribution in [0.3, 0.4) is 0 Å². The van der Waals surface area contributed by atoms with Crippen LogP contribution in [0.4, 0.5) is 0 Å². The van der Waals surface area contributed by atoms with E-state index < -0.39 is 5.82 Å². The average Bonchev–Trinajstić information content (AvgIpc) is 2.96. The minimum atomic E-state index is -0.701. The maximum absolute atomic E-state index is 10.6. The predicted molar refractivity (Wildman–Crippen MR) is 93.6 cm³/mol. The molecule has 4 nitrogen and oxygen atoms in total. The van der Waals surface area contributed by atoms with Gasteiger partial charge in [-0.25, -0.2) is 4.79 Å². The van der Waals surface area contributed by atoms with Gasteiger partial charge in [-0.05, 0) is 37.3 Å². The van der Waals surface area contributed by atoms with Gasteiger partial charge in [-0.2, -0.15) is 0 Å². The minimum absolute atomic E-state index is 0.424. The lowest BCUT2D eigenvalue weighted by Crippen LogP contribution is -1.88. The van der Waals surface area contributed by atoms with Gasteiger partial charge in [0.15, 0.2) is 0 Å². The molecule has 1 aromatic rings. The van der Waals surface area contributed by atoms with Crippen molar-refractivity contribution in [3.8, 4) is 0 Å². The molecule has 4 heteroatoms. The molecular weight excluding hydrogens is 290 g/mol. The standard InChI is InChI=1S/C19H33NO3/c1-2-3-4-5-6-7-8-9-10-11-12-13-14-15-16-17-18-20-23-19(21)22-18/h9-10H,2-8,11-17H2,1H3/b10-9+. The summed E-state index contributed by atoms with van der Waals surface area (Å²) in [6.07, 6.45) is 22.0. The summed E-state index contributed by atoms with van der Waals surface area (Å²) in [6.45, 7) is 2.26. The van der Waals surface area contributed by atoms with Crippen molar-refractivity contribution >= 4 is 0 Å². The van der Waals surface area contributed by atoms with Crippen molar-refractivity contribution < 1.29 is 8.94 Å². The summed E-state index contributed by atoms with van der Waals surface area (Å²) in [5.41, 5.74) is 0. The summed E-state index contributed by atoms with van der Waals surface area (Å²) in [4.78, 5) is 10.6. The normalized spacial score (nSPS) is 11.5. The van der Waals surface area contributed by atoms with E-state index in [1.807, 2.05) is 0 Å². The van der Waals surface area contributed by atoms with Crippen LogP contribution < -0.4 is 5.82 Å². The van der Waals surface area contributed by atoms with Gasteiger partial charge < -0.3 is 4.42 Å². The molecule has 0 N–H and O–H groups in total. The average molecular weight is 323 g/mol. The third-order valence-corrected chi connectivity index (χ3v) is 4.08. The van der Waals surface area contributed by atoms with Crippen LogP contribution in [0, 0.1) is 0 Å². The van der Waals surface area contributed by atoms with Crippen LogP contribution in [0.5, 0.6) is 0 Å². The fourth-order valence-corrected chi connectivity index (χ4v) is 2.67. The van der Waals surface area contributed by atoms with Crippen molar-refractivity contribution in [2.45, 2.75) is 96.8 Å². The van der Waals surface area contributed by atoms with Gasteiger partial charge in [0.1, 0.15) is 0 Å². The lowest BCUT2D eigenvalue weighted by atomic mass is 10.1. The van der Waals surface area contributed by atoms with E-state index in [9.17, 15) is 4.79 Å². The van der Waals surface area contributed by atoms with Gasteiger partial charge in [0.2, 0.25) is 5.89 Å². The second-order valence-electron chi connectivity index (χ2n) is 6.26. The lowest BCUT2D eigenvalue weighted by molar-refractivity contribution is 0.334. The van der Waals surface area contributed by atoms with Crippen LogP contribution in [0.25, 0.3) is 0 Å². The first-order valence-corrected chi connectivity index (χ1v) is 9.43. The van der Waals surface area contributed by atoms with Crippen LogP contribution in [-0.4, -0.2) is 5.16 Å². The number of hydrogen-bond donors (Lipinski definition) is 0. The third-order valence-electron chi connectivity index (χ3n) is 4.08. The zero-order valence-electron chi connectivity index (χ0n) is 14.7. The Morgan fingerprint density at radius 1 is 0.826 bits per heavy atom. The quantitative estimate of drug-likeness (QED) is 0.301. The Morgan fingerprint density at radius 3 is 1.96 bits per heavy atom. The molecule has 0 bridgehead atoms. The number of aromatic nitrogens is 1. The summed E-state index contributed by atoms with van der Waals surface area (Å²) in [7, 11) is 0. The Bertz CT molecular complexity index is 447. The largest absolute Gasteiger partial charge is 0.542 e. The van der Waals surface area contributed by atoms with Gasteiger partial charge in [-0.1, -0.05) is 70.4 Å². The van der Waals surface area contributed by atoms with Crippen LogP contribution in [0.15, 0.2) is 25.9 Å². The molecule has 1 rings (SSSR count). The number of hydrogen-bond acceptors (Lipinski definition) is 4.